The number of nitrogens with zero attached hydrogens (tertiary/aromatic N) is 1. The molecule has 6 nitrogen and oxygen atoms in total. The molecule has 0 aromatic carbocycles. The molecule has 0 aliphatic heterocycles. The number of carbonyl (C=O) groups excluding carboxylic acids is 1. The van der Waals surface area contributed by atoms with Crippen molar-refractivity contribution in [2.24, 2.45) is 0 Å². The van der Waals surface area contributed by atoms with Crippen molar-refractivity contribution in [3.8, 4) is 0 Å². The van der Waals surface area contributed by atoms with Crippen molar-refractivity contribution < 1.29 is 19.4 Å². The number of aliphatic carboxylic acids is 1. The van der Waals surface area contributed by atoms with E-state index in [4.69, 9.17) is 9.84 Å². The molecule has 6 heteroatoms. The number of aryl methyl sites for hydroxylation is 1. The van der Waals surface area contributed by atoms with E-state index in [1.165, 1.54) is 7.11 Å². The molecule has 1 amide bonds. The van der Waals surface area contributed by atoms with Gasteiger partial charge >= 0.3 is 5.97 Å². The predicted molar refractivity (Wildman–Crippen MR) is 68.6 cm³/mol. The number of ether oxygens (including phenoxy) is 1. The van der Waals surface area contributed by atoms with E-state index in [1.807, 2.05) is 6.07 Å². The number of pyridine rings is 1. The highest BCUT2D eigenvalue weighted by Crippen LogP contribution is 2.01. The molecule has 1 heterocycles. The fourth-order valence-corrected chi connectivity index (χ4v) is 1.56. The summed E-state index contributed by atoms with van der Waals surface area (Å²) in [5.74, 6) is -1.33. The number of amides is 1. The van der Waals surface area contributed by atoms with Gasteiger partial charge in [0, 0.05) is 39.0 Å². The van der Waals surface area contributed by atoms with Crippen LogP contribution in [0.25, 0.3) is 0 Å². The van der Waals surface area contributed by atoms with Gasteiger partial charge < -0.3 is 15.2 Å². The molecule has 0 aliphatic carbocycles. The van der Waals surface area contributed by atoms with Crippen LogP contribution in [0.5, 0.6) is 0 Å². The fraction of sp³-hybridized carbons (Fsp3) is 0.462. The summed E-state index contributed by atoms with van der Waals surface area (Å²) in [5.41, 5.74) is 0.946. The third kappa shape index (κ3) is 5.96. The van der Waals surface area contributed by atoms with Crippen molar-refractivity contribution in [1.82, 2.24) is 10.3 Å². The molecule has 104 valence electrons. The molecule has 0 saturated carbocycles. The molecule has 0 bridgehead atoms. The fourth-order valence-electron chi connectivity index (χ4n) is 1.56. The number of carboxylic acid groups (broad SMARTS) is 1. The van der Waals surface area contributed by atoms with Crippen molar-refractivity contribution in [3.05, 3.63) is 30.1 Å². The highest BCUT2D eigenvalue weighted by atomic mass is 16.5. The Morgan fingerprint density at radius 3 is 2.89 bits per heavy atom. The second kappa shape index (κ2) is 8.20. The molecule has 0 aliphatic rings. The third-order valence-corrected chi connectivity index (χ3v) is 2.61. The first-order valence-corrected chi connectivity index (χ1v) is 6.03. The maximum absolute atomic E-state index is 11.7. The molecule has 1 atom stereocenters. The summed E-state index contributed by atoms with van der Waals surface area (Å²) < 4.78 is 4.81. The first-order chi connectivity index (χ1) is 9.13. The van der Waals surface area contributed by atoms with E-state index in [1.54, 1.807) is 18.5 Å². The predicted octanol–water partition coefficient (Wildman–Crippen LogP) is 0.620. The third-order valence-electron chi connectivity index (χ3n) is 2.61. The smallest absolute Gasteiger partial charge is 0.326 e. The van der Waals surface area contributed by atoms with E-state index in [9.17, 15) is 9.59 Å². The molecular formula is C13H18N2O4. The Morgan fingerprint density at radius 1 is 1.53 bits per heavy atom. The maximum atomic E-state index is 11.7. The van der Waals surface area contributed by atoms with Gasteiger partial charge in [-0.15, -0.1) is 0 Å². The lowest BCUT2D eigenvalue weighted by Crippen LogP contribution is -2.41. The summed E-state index contributed by atoms with van der Waals surface area (Å²) >= 11 is 0. The summed E-state index contributed by atoms with van der Waals surface area (Å²) in [7, 11) is 1.49. The number of carbonyl (C=O) groups is 2. The van der Waals surface area contributed by atoms with Crippen LogP contribution in [0.15, 0.2) is 24.5 Å². The molecule has 2 N–H and O–H groups in total. The number of nitrogens with one attached hydrogen (secondary N) is 1. The number of carboxylic acids is 1. The van der Waals surface area contributed by atoms with Crippen molar-refractivity contribution in [2.75, 3.05) is 13.7 Å². The van der Waals surface area contributed by atoms with E-state index in [0.717, 1.165) is 5.56 Å². The van der Waals surface area contributed by atoms with Crippen molar-refractivity contribution in [2.45, 2.75) is 25.3 Å². The zero-order valence-electron chi connectivity index (χ0n) is 10.8. The van der Waals surface area contributed by atoms with E-state index in [2.05, 4.69) is 10.3 Å². The second-order valence-corrected chi connectivity index (χ2v) is 4.10. The lowest BCUT2D eigenvalue weighted by molar-refractivity contribution is -0.142. The molecule has 1 aromatic heterocycles. The van der Waals surface area contributed by atoms with Gasteiger partial charge in [0.15, 0.2) is 0 Å². The number of hydrogen-bond acceptors (Lipinski definition) is 4. The van der Waals surface area contributed by atoms with Gasteiger partial charge in [0.05, 0.1) is 0 Å². The standard InChI is InChI=1S/C13H18N2O4/c1-19-8-6-11(13(17)18)15-12(16)5-4-10-3-2-7-14-9-10/h2-3,7,9,11H,4-6,8H2,1H3,(H,15,16)(H,17,18). The Labute approximate surface area is 111 Å². The van der Waals surface area contributed by atoms with Gasteiger partial charge in [0.1, 0.15) is 6.04 Å². The quantitative estimate of drug-likeness (QED) is 0.720. The van der Waals surface area contributed by atoms with Crippen LogP contribution >= 0.6 is 0 Å². The van der Waals surface area contributed by atoms with Crippen LogP contribution < -0.4 is 5.32 Å². The van der Waals surface area contributed by atoms with Crippen molar-refractivity contribution >= 4 is 11.9 Å². The molecule has 1 rings (SSSR count). The molecule has 0 fully saturated rings. The maximum Gasteiger partial charge on any atom is 0.326 e. The van der Waals surface area contributed by atoms with Crippen LogP contribution in [0.2, 0.25) is 0 Å². The normalized spacial score (nSPS) is 11.8. The minimum atomic E-state index is -1.05. The summed E-state index contributed by atoms with van der Waals surface area (Å²) in [6.07, 6.45) is 4.38. The second-order valence-electron chi connectivity index (χ2n) is 4.10. The van der Waals surface area contributed by atoms with Gasteiger partial charge in [-0.2, -0.15) is 0 Å². The molecule has 0 radical (unpaired) electrons. The SMILES string of the molecule is COCCC(NC(=O)CCc1cccnc1)C(=O)O. The monoisotopic (exact) mass is 266 g/mol. The van der Waals surface area contributed by atoms with E-state index in [-0.39, 0.29) is 18.7 Å². The van der Waals surface area contributed by atoms with Gasteiger partial charge in [-0.3, -0.25) is 9.78 Å². The van der Waals surface area contributed by atoms with Crippen LogP contribution in [0.4, 0.5) is 0 Å². The summed E-state index contributed by atoms with van der Waals surface area (Å²) in [6.45, 7) is 0.292. The minimum Gasteiger partial charge on any atom is -0.480 e. The minimum absolute atomic E-state index is 0.239. The summed E-state index contributed by atoms with van der Waals surface area (Å²) in [4.78, 5) is 26.5. The van der Waals surface area contributed by atoms with Crippen LogP contribution in [-0.4, -0.2) is 41.7 Å². The zero-order valence-corrected chi connectivity index (χ0v) is 10.8. The van der Waals surface area contributed by atoms with Gasteiger partial charge in [0.2, 0.25) is 5.91 Å². The summed E-state index contributed by atoms with van der Waals surface area (Å²) in [6, 6.07) is 2.77. The Hall–Kier alpha value is -1.95. The van der Waals surface area contributed by atoms with Gasteiger partial charge in [-0.1, -0.05) is 6.07 Å². The Kier molecular flexibility index (Phi) is 6.52. The van der Waals surface area contributed by atoms with Gasteiger partial charge in [0.25, 0.3) is 0 Å². The number of hydrogen-bond donors (Lipinski definition) is 2. The average molecular weight is 266 g/mol. The first kappa shape index (κ1) is 15.1. The van der Waals surface area contributed by atoms with Crippen LogP contribution in [0, 0.1) is 0 Å². The van der Waals surface area contributed by atoms with Crippen LogP contribution in [0.1, 0.15) is 18.4 Å². The lowest BCUT2D eigenvalue weighted by Gasteiger charge is -2.13. The largest absolute Gasteiger partial charge is 0.480 e. The van der Waals surface area contributed by atoms with Crippen LogP contribution in [0.3, 0.4) is 0 Å². The molecule has 1 aromatic rings. The number of aromatic nitrogens is 1. The van der Waals surface area contributed by atoms with E-state index >= 15 is 0 Å². The highest BCUT2D eigenvalue weighted by molar-refractivity contribution is 5.83. The van der Waals surface area contributed by atoms with Crippen molar-refractivity contribution in [1.29, 1.82) is 0 Å². The first-order valence-electron chi connectivity index (χ1n) is 6.03. The average Bonchev–Trinajstić information content (AvgIpc) is 2.42. The van der Waals surface area contributed by atoms with E-state index in [0.29, 0.717) is 13.0 Å². The van der Waals surface area contributed by atoms with E-state index < -0.39 is 12.0 Å². The lowest BCUT2D eigenvalue weighted by atomic mass is 10.1. The molecule has 19 heavy (non-hydrogen) atoms. The van der Waals surface area contributed by atoms with Gasteiger partial charge in [-0.05, 0) is 18.1 Å². The van der Waals surface area contributed by atoms with Gasteiger partial charge in [-0.25, -0.2) is 4.79 Å². The molecular weight excluding hydrogens is 248 g/mol. The Balaban J connectivity index is 2.38. The van der Waals surface area contributed by atoms with Crippen molar-refractivity contribution in [3.63, 3.8) is 0 Å². The zero-order chi connectivity index (χ0) is 14.1. The molecule has 0 spiro atoms. The Bertz CT molecular complexity index is 408. The summed E-state index contributed by atoms with van der Waals surface area (Å²) in [5, 5.41) is 11.4. The topological polar surface area (TPSA) is 88.5 Å². The Morgan fingerprint density at radius 2 is 2.32 bits per heavy atom. The number of rotatable bonds is 8. The molecule has 1 unspecified atom stereocenters. The highest BCUT2D eigenvalue weighted by Gasteiger charge is 2.19. The number of methoxy groups -OCH3 is 1. The van der Waals surface area contributed by atoms with Crippen LogP contribution in [-0.2, 0) is 20.7 Å². The molecule has 0 saturated heterocycles.